The number of aryl methyl sites for hydroxylation is 3. The number of hydrogen-bond donors (Lipinski definition) is 2. The van der Waals surface area contributed by atoms with Crippen molar-refractivity contribution in [3.05, 3.63) is 53.1 Å². The van der Waals surface area contributed by atoms with Crippen LogP contribution >= 0.6 is 0 Å². The summed E-state index contributed by atoms with van der Waals surface area (Å²) in [5.74, 6) is 0.704. The molecule has 1 atom stereocenters. The summed E-state index contributed by atoms with van der Waals surface area (Å²) < 4.78 is 11.3. The van der Waals surface area contributed by atoms with Crippen LogP contribution in [0.4, 0.5) is 11.4 Å². The Hall–Kier alpha value is -2.53. The predicted molar refractivity (Wildman–Crippen MR) is 109 cm³/mol. The number of amides is 1. The largest absolute Gasteiger partial charge is 0.491 e. The maximum Gasteiger partial charge on any atom is 0.243 e. The second kappa shape index (κ2) is 8.91. The zero-order chi connectivity index (χ0) is 19.2. The van der Waals surface area contributed by atoms with Crippen molar-refractivity contribution in [1.82, 2.24) is 0 Å². The third-order valence-corrected chi connectivity index (χ3v) is 4.70. The van der Waals surface area contributed by atoms with Crippen molar-refractivity contribution in [2.24, 2.45) is 0 Å². The minimum absolute atomic E-state index is 0.0811. The molecule has 144 valence electrons. The molecular weight excluding hydrogens is 340 g/mol. The lowest BCUT2D eigenvalue weighted by atomic mass is 10.1. The molecule has 0 aliphatic carbocycles. The lowest BCUT2D eigenvalue weighted by molar-refractivity contribution is -0.114. The highest BCUT2D eigenvalue weighted by atomic mass is 16.5. The van der Waals surface area contributed by atoms with Gasteiger partial charge >= 0.3 is 0 Å². The van der Waals surface area contributed by atoms with Gasteiger partial charge in [0, 0.05) is 18.0 Å². The van der Waals surface area contributed by atoms with Gasteiger partial charge in [0.2, 0.25) is 5.91 Å². The average Bonchev–Trinajstić information content (AvgIpc) is 3.14. The molecule has 0 aromatic heterocycles. The molecule has 0 bridgehead atoms. The molecule has 1 fully saturated rings. The van der Waals surface area contributed by atoms with Gasteiger partial charge in [-0.05, 0) is 69.0 Å². The average molecular weight is 368 g/mol. The van der Waals surface area contributed by atoms with Gasteiger partial charge in [0.15, 0.2) is 0 Å². The zero-order valence-electron chi connectivity index (χ0n) is 16.3. The number of ether oxygens (including phenoxy) is 2. The standard InChI is InChI=1S/C22H28N2O3/c1-15-11-16(2)22(17(3)12-15)23-13-21(25)24-18-6-8-19(9-7-18)27-14-20-5-4-10-26-20/h6-9,11-12,20,23H,4-5,10,13-14H2,1-3H3,(H,24,25). The number of rotatable bonds is 7. The summed E-state index contributed by atoms with van der Waals surface area (Å²) in [6.45, 7) is 7.80. The first-order valence-corrected chi connectivity index (χ1v) is 9.47. The van der Waals surface area contributed by atoms with Crippen molar-refractivity contribution in [3.8, 4) is 5.75 Å². The summed E-state index contributed by atoms with van der Waals surface area (Å²) in [5.41, 5.74) is 5.29. The van der Waals surface area contributed by atoms with E-state index in [-0.39, 0.29) is 18.6 Å². The van der Waals surface area contributed by atoms with E-state index in [1.165, 1.54) is 5.56 Å². The van der Waals surface area contributed by atoms with Crippen LogP contribution in [0.3, 0.4) is 0 Å². The molecule has 2 aromatic carbocycles. The van der Waals surface area contributed by atoms with Gasteiger partial charge in [-0.1, -0.05) is 17.7 Å². The molecule has 5 heteroatoms. The van der Waals surface area contributed by atoms with E-state index in [4.69, 9.17) is 9.47 Å². The molecule has 1 heterocycles. The SMILES string of the molecule is Cc1cc(C)c(NCC(=O)Nc2ccc(OCC3CCCO3)cc2)c(C)c1. The molecule has 5 nitrogen and oxygen atoms in total. The third-order valence-electron chi connectivity index (χ3n) is 4.70. The van der Waals surface area contributed by atoms with E-state index in [1.54, 1.807) is 0 Å². The van der Waals surface area contributed by atoms with Crippen LogP contribution in [0.25, 0.3) is 0 Å². The molecule has 1 aliphatic heterocycles. The van der Waals surface area contributed by atoms with Crippen molar-refractivity contribution in [2.75, 3.05) is 30.4 Å². The molecule has 0 spiro atoms. The molecule has 1 aliphatic rings. The Morgan fingerprint density at radius 1 is 1.15 bits per heavy atom. The Balaban J connectivity index is 1.47. The molecule has 3 rings (SSSR count). The highest BCUT2D eigenvalue weighted by molar-refractivity contribution is 5.94. The van der Waals surface area contributed by atoms with Crippen LogP contribution in [0.15, 0.2) is 36.4 Å². The second-order valence-electron chi connectivity index (χ2n) is 7.15. The van der Waals surface area contributed by atoms with Gasteiger partial charge in [-0.15, -0.1) is 0 Å². The van der Waals surface area contributed by atoms with Crippen molar-refractivity contribution in [1.29, 1.82) is 0 Å². The molecular formula is C22H28N2O3. The van der Waals surface area contributed by atoms with Gasteiger partial charge in [-0.2, -0.15) is 0 Å². The summed E-state index contributed by atoms with van der Waals surface area (Å²) in [4.78, 5) is 12.2. The Morgan fingerprint density at radius 3 is 2.48 bits per heavy atom. The molecule has 27 heavy (non-hydrogen) atoms. The number of carbonyl (C=O) groups is 1. The van der Waals surface area contributed by atoms with Crippen LogP contribution < -0.4 is 15.4 Å². The minimum atomic E-state index is -0.0811. The topological polar surface area (TPSA) is 59.6 Å². The third kappa shape index (κ3) is 5.47. The number of carbonyl (C=O) groups excluding carboxylic acids is 1. The van der Waals surface area contributed by atoms with Gasteiger partial charge in [-0.25, -0.2) is 0 Å². The van der Waals surface area contributed by atoms with E-state index in [9.17, 15) is 4.79 Å². The van der Waals surface area contributed by atoms with Crippen LogP contribution in [0, 0.1) is 20.8 Å². The Kier molecular flexibility index (Phi) is 6.35. The molecule has 0 saturated carbocycles. The number of benzene rings is 2. The molecule has 1 saturated heterocycles. The van der Waals surface area contributed by atoms with E-state index in [2.05, 4.69) is 43.5 Å². The predicted octanol–water partition coefficient (Wildman–Crippen LogP) is 4.22. The van der Waals surface area contributed by atoms with Gasteiger partial charge in [-0.3, -0.25) is 4.79 Å². The van der Waals surface area contributed by atoms with Crippen LogP contribution in [0.1, 0.15) is 29.5 Å². The highest BCUT2D eigenvalue weighted by Crippen LogP contribution is 2.22. The number of anilines is 2. The fourth-order valence-electron chi connectivity index (χ4n) is 3.43. The van der Waals surface area contributed by atoms with E-state index < -0.39 is 0 Å². The van der Waals surface area contributed by atoms with E-state index in [0.29, 0.717) is 6.61 Å². The monoisotopic (exact) mass is 368 g/mol. The van der Waals surface area contributed by atoms with Crippen LogP contribution in [0.2, 0.25) is 0 Å². The van der Waals surface area contributed by atoms with Crippen LogP contribution in [-0.4, -0.2) is 31.8 Å². The van der Waals surface area contributed by atoms with Crippen molar-refractivity contribution in [3.63, 3.8) is 0 Å². The van der Waals surface area contributed by atoms with Crippen LogP contribution in [0.5, 0.6) is 5.75 Å². The Labute approximate surface area is 161 Å². The number of hydrogen-bond acceptors (Lipinski definition) is 4. The number of nitrogens with one attached hydrogen (secondary N) is 2. The maximum absolute atomic E-state index is 12.2. The molecule has 1 unspecified atom stereocenters. The summed E-state index contributed by atoms with van der Waals surface area (Å²) in [6.07, 6.45) is 2.36. The molecule has 0 radical (unpaired) electrons. The highest BCUT2D eigenvalue weighted by Gasteiger charge is 2.16. The van der Waals surface area contributed by atoms with Gasteiger partial charge in [0.25, 0.3) is 0 Å². The summed E-state index contributed by atoms with van der Waals surface area (Å²) in [6, 6.07) is 11.7. The summed E-state index contributed by atoms with van der Waals surface area (Å²) in [5, 5.41) is 6.15. The normalized spacial score (nSPS) is 16.2. The quantitative estimate of drug-likeness (QED) is 0.768. The lowest BCUT2D eigenvalue weighted by Gasteiger charge is -2.14. The summed E-state index contributed by atoms with van der Waals surface area (Å²) >= 11 is 0. The maximum atomic E-state index is 12.2. The minimum Gasteiger partial charge on any atom is -0.491 e. The summed E-state index contributed by atoms with van der Waals surface area (Å²) in [7, 11) is 0. The molecule has 2 aromatic rings. The van der Waals surface area contributed by atoms with Gasteiger partial charge in [0.05, 0.1) is 12.6 Å². The van der Waals surface area contributed by atoms with Gasteiger partial charge in [0.1, 0.15) is 12.4 Å². The lowest BCUT2D eigenvalue weighted by Crippen LogP contribution is -2.22. The fraction of sp³-hybridized carbons (Fsp3) is 0.409. The smallest absolute Gasteiger partial charge is 0.243 e. The van der Waals surface area contributed by atoms with E-state index >= 15 is 0 Å². The van der Waals surface area contributed by atoms with E-state index in [0.717, 1.165) is 47.7 Å². The zero-order valence-corrected chi connectivity index (χ0v) is 16.3. The molecule has 2 N–H and O–H groups in total. The molecule has 1 amide bonds. The van der Waals surface area contributed by atoms with Gasteiger partial charge < -0.3 is 20.1 Å². The first kappa shape index (κ1) is 19.2. The second-order valence-corrected chi connectivity index (χ2v) is 7.15. The van der Waals surface area contributed by atoms with Crippen molar-refractivity contribution >= 4 is 17.3 Å². The van der Waals surface area contributed by atoms with Crippen molar-refractivity contribution in [2.45, 2.75) is 39.7 Å². The van der Waals surface area contributed by atoms with E-state index in [1.807, 2.05) is 24.3 Å². The fourth-order valence-corrected chi connectivity index (χ4v) is 3.43. The Morgan fingerprint density at radius 2 is 1.85 bits per heavy atom. The first-order chi connectivity index (χ1) is 13.0. The van der Waals surface area contributed by atoms with Crippen molar-refractivity contribution < 1.29 is 14.3 Å². The van der Waals surface area contributed by atoms with Crippen LogP contribution in [-0.2, 0) is 9.53 Å². The Bertz CT molecular complexity index is 758. The first-order valence-electron chi connectivity index (χ1n) is 9.47.